The van der Waals surface area contributed by atoms with Gasteiger partial charge in [0.05, 0.1) is 6.10 Å². The van der Waals surface area contributed by atoms with E-state index in [9.17, 15) is 8.78 Å². The van der Waals surface area contributed by atoms with Crippen LogP contribution in [0.5, 0.6) is 0 Å². The first kappa shape index (κ1) is 12.5. The molecular weight excluding hydrogens is 224 g/mol. The lowest BCUT2D eigenvalue weighted by atomic mass is 9.98. The van der Waals surface area contributed by atoms with Gasteiger partial charge in [0.25, 0.3) is 0 Å². The largest absolute Gasteiger partial charge is 0.380 e. The van der Waals surface area contributed by atoms with Crippen molar-refractivity contribution in [3.8, 4) is 0 Å². The standard InChI is InChI=1S/C13H17F2NO/c1-17-13(8-2-3-8)12(16)7-9-6-10(14)4-5-11(9)15/h4-6,8,12-13H,2-3,7,16H2,1H3. The van der Waals surface area contributed by atoms with Gasteiger partial charge < -0.3 is 10.5 Å². The summed E-state index contributed by atoms with van der Waals surface area (Å²) in [4.78, 5) is 0. The maximum atomic E-state index is 13.5. The predicted molar refractivity (Wildman–Crippen MR) is 61.6 cm³/mol. The molecule has 0 radical (unpaired) electrons. The second kappa shape index (κ2) is 5.10. The summed E-state index contributed by atoms with van der Waals surface area (Å²) < 4.78 is 31.8. The second-order valence-electron chi connectivity index (χ2n) is 4.64. The third kappa shape index (κ3) is 3.01. The van der Waals surface area contributed by atoms with Crippen LogP contribution in [0.1, 0.15) is 18.4 Å². The third-order valence-corrected chi connectivity index (χ3v) is 3.24. The molecule has 94 valence electrons. The fourth-order valence-electron chi connectivity index (χ4n) is 2.21. The first-order valence-corrected chi connectivity index (χ1v) is 5.84. The van der Waals surface area contributed by atoms with Gasteiger partial charge in [0.2, 0.25) is 0 Å². The highest BCUT2D eigenvalue weighted by atomic mass is 19.1. The van der Waals surface area contributed by atoms with E-state index < -0.39 is 11.6 Å². The number of hydrogen-bond donors (Lipinski definition) is 1. The molecule has 2 nitrogen and oxygen atoms in total. The molecule has 0 amide bonds. The molecule has 0 aliphatic heterocycles. The minimum atomic E-state index is -0.436. The molecule has 1 fully saturated rings. The van der Waals surface area contributed by atoms with Crippen molar-refractivity contribution in [1.82, 2.24) is 0 Å². The van der Waals surface area contributed by atoms with E-state index in [-0.39, 0.29) is 12.1 Å². The fourth-order valence-corrected chi connectivity index (χ4v) is 2.21. The van der Waals surface area contributed by atoms with E-state index in [0.29, 0.717) is 17.9 Å². The minimum Gasteiger partial charge on any atom is -0.380 e. The van der Waals surface area contributed by atoms with Gasteiger partial charge in [0.1, 0.15) is 11.6 Å². The molecule has 2 unspecified atom stereocenters. The topological polar surface area (TPSA) is 35.2 Å². The molecule has 2 atom stereocenters. The Balaban J connectivity index is 2.05. The van der Waals surface area contributed by atoms with Crippen LogP contribution in [0, 0.1) is 17.6 Å². The highest BCUT2D eigenvalue weighted by molar-refractivity contribution is 5.20. The Labute approximate surface area is 99.8 Å². The Hall–Kier alpha value is -1.00. The zero-order valence-electron chi connectivity index (χ0n) is 9.83. The van der Waals surface area contributed by atoms with Gasteiger partial charge >= 0.3 is 0 Å². The number of benzene rings is 1. The van der Waals surface area contributed by atoms with Crippen LogP contribution in [0.15, 0.2) is 18.2 Å². The van der Waals surface area contributed by atoms with Crippen LogP contribution in [-0.4, -0.2) is 19.3 Å². The van der Waals surface area contributed by atoms with Crippen molar-refractivity contribution < 1.29 is 13.5 Å². The minimum absolute atomic E-state index is 0.0577. The molecule has 1 aliphatic carbocycles. The molecule has 17 heavy (non-hydrogen) atoms. The van der Waals surface area contributed by atoms with E-state index in [4.69, 9.17) is 10.5 Å². The Morgan fingerprint density at radius 3 is 2.71 bits per heavy atom. The molecule has 1 saturated carbocycles. The smallest absolute Gasteiger partial charge is 0.126 e. The molecule has 1 aliphatic rings. The molecular formula is C13H17F2NO. The van der Waals surface area contributed by atoms with Crippen LogP contribution < -0.4 is 5.73 Å². The lowest BCUT2D eigenvalue weighted by Gasteiger charge is -2.22. The average molecular weight is 241 g/mol. The van der Waals surface area contributed by atoms with Gasteiger partial charge in [-0.2, -0.15) is 0 Å². The molecule has 4 heteroatoms. The summed E-state index contributed by atoms with van der Waals surface area (Å²) >= 11 is 0. The SMILES string of the molecule is COC(C(N)Cc1cc(F)ccc1F)C1CC1. The van der Waals surface area contributed by atoms with E-state index in [1.807, 2.05) is 0 Å². The van der Waals surface area contributed by atoms with Crippen LogP contribution >= 0.6 is 0 Å². The van der Waals surface area contributed by atoms with Gasteiger partial charge in [-0.3, -0.25) is 0 Å². The highest BCUT2D eigenvalue weighted by Gasteiger charge is 2.35. The zero-order valence-corrected chi connectivity index (χ0v) is 9.83. The lowest BCUT2D eigenvalue weighted by molar-refractivity contribution is 0.0624. The number of rotatable bonds is 5. The summed E-state index contributed by atoms with van der Waals surface area (Å²) in [7, 11) is 1.62. The molecule has 0 spiro atoms. The Bertz CT molecular complexity index is 393. The summed E-state index contributed by atoms with van der Waals surface area (Å²) in [6, 6.07) is 3.16. The van der Waals surface area contributed by atoms with E-state index in [1.54, 1.807) is 7.11 Å². The van der Waals surface area contributed by atoms with Crippen molar-refractivity contribution in [3.63, 3.8) is 0 Å². The fraction of sp³-hybridized carbons (Fsp3) is 0.538. The van der Waals surface area contributed by atoms with Crippen LogP contribution in [0.4, 0.5) is 8.78 Å². The first-order chi connectivity index (χ1) is 8.11. The number of hydrogen-bond acceptors (Lipinski definition) is 2. The maximum absolute atomic E-state index is 13.5. The average Bonchev–Trinajstić information content (AvgIpc) is 3.09. The monoisotopic (exact) mass is 241 g/mol. The number of methoxy groups -OCH3 is 1. The maximum Gasteiger partial charge on any atom is 0.126 e. The Morgan fingerprint density at radius 2 is 2.12 bits per heavy atom. The summed E-state index contributed by atoms with van der Waals surface area (Å²) in [5, 5.41) is 0. The van der Waals surface area contributed by atoms with E-state index in [1.165, 1.54) is 6.07 Å². The van der Waals surface area contributed by atoms with Crippen LogP contribution in [0.25, 0.3) is 0 Å². The number of halogens is 2. The van der Waals surface area contributed by atoms with Crippen LogP contribution in [0.2, 0.25) is 0 Å². The summed E-state index contributed by atoms with van der Waals surface area (Å²) in [5.74, 6) is -0.367. The lowest BCUT2D eigenvalue weighted by Crippen LogP contribution is -2.39. The van der Waals surface area contributed by atoms with E-state index in [2.05, 4.69) is 0 Å². The molecule has 0 saturated heterocycles. The Kier molecular flexibility index (Phi) is 3.74. The number of nitrogens with two attached hydrogens (primary N) is 1. The van der Waals surface area contributed by atoms with Crippen molar-refractivity contribution in [2.24, 2.45) is 11.7 Å². The van der Waals surface area contributed by atoms with Crippen molar-refractivity contribution in [3.05, 3.63) is 35.4 Å². The molecule has 0 bridgehead atoms. The van der Waals surface area contributed by atoms with Gasteiger partial charge in [-0.05, 0) is 48.9 Å². The van der Waals surface area contributed by atoms with Crippen LogP contribution in [0.3, 0.4) is 0 Å². The normalized spacial score (nSPS) is 19.1. The van der Waals surface area contributed by atoms with Crippen LogP contribution in [-0.2, 0) is 11.2 Å². The molecule has 1 aromatic rings. The predicted octanol–water partition coefficient (Wildman–Crippen LogP) is 2.26. The van der Waals surface area contributed by atoms with Crippen molar-refractivity contribution >= 4 is 0 Å². The molecule has 1 aromatic carbocycles. The summed E-state index contributed by atoms with van der Waals surface area (Å²) in [5.41, 5.74) is 6.33. The second-order valence-corrected chi connectivity index (χ2v) is 4.64. The van der Waals surface area contributed by atoms with Crippen molar-refractivity contribution in [1.29, 1.82) is 0 Å². The van der Waals surface area contributed by atoms with E-state index >= 15 is 0 Å². The quantitative estimate of drug-likeness (QED) is 0.858. The third-order valence-electron chi connectivity index (χ3n) is 3.24. The zero-order chi connectivity index (χ0) is 12.4. The van der Waals surface area contributed by atoms with Gasteiger partial charge in [-0.1, -0.05) is 0 Å². The molecule has 2 N–H and O–H groups in total. The highest BCUT2D eigenvalue weighted by Crippen LogP contribution is 2.35. The number of ether oxygens (including phenoxy) is 1. The summed E-state index contributed by atoms with van der Waals surface area (Å²) in [6.07, 6.45) is 2.46. The first-order valence-electron chi connectivity index (χ1n) is 5.84. The van der Waals surface area contributed by atoms with E-state index in [0.717, 1.165) is 25.0 Å². The summed E-state index contributed by atoms with van der Waals surface area (Å²) in [6.45, 7) is 0. The Morgan fingerprint density at radius 1 is 1.41 bits per heavy atom. The van der Waals surface area contributed by atoms with Crippen molar-refractivity contribution in [2.75, 3.05) is 7.11 Å². The van der Waals surface area contributed by atoms with Gasteiger partial charge in [-0.25, -0.2) is 8.78 Å². The van der Waals surface area contributed by atoms with Gasteiger partial charge in [0.15, 0.2) is 0 Å². The van der Waals surface area contributed by atoms with Gasteiger partial charge in [-0.15, -0.1) is 0 Å². The molecule has 0 aromatic heterocycles. The molecule has 2 rings (SSSR count). The van der Waals surface area contributed by atoms with Gasteiger partial charge in [0, 0.05) is 13.2 Å². The molecule has 0 heterocycles. The van der Waals surface area contributed by atoms with Crippen molar-refractivity contribution in [2.45, 2.75) is 31.4 Å².